The number of hydrogen-bond acceptors (Lipinski definition) is 6. The molecule has 0 bridgehead atoms. The number of aliphatic imine (C=N–C) groups is 1. The number of primary amides is 1. The number of hydrogen-bond donors (Lipinski definition) is 4. The number of nitrogens with two attached hydrogens (primary N) is 2. The molecule has 0 aromatic carbocycles. The summed E-state index contributed by atoms with van der Waals surface area (Å²) < 4.78 is 1.85. The molecule has 9 heteroatoms. The van der Waals surface area contributed by atoms with Gasteiger partial charge in [-0.2, -0.15) is 0 Å². The molecule has 1 aromatic rings. The van der Waals surface area contributed by atoms with E-state index in [0.717, 1.165) is 49.9 Å². The summed E-state index contributed by atoms with van der Waals surface area (Å²) in [4.78, 5) is 15.6. The van der Waals surface area contributed by atoms with E-state index < -0.39 is 6.03 Å². The SMILES string of the molecule is NC(=O)NCCCC(CN=C1C=CC(CO)CC1)n1cc(C2(N)CC2)nn1. The minimum Gasteiger partial charge on any atom is -0.396 e. The lowest BCUT2D eigenvalue weighted by Gasteiger charge is -2.18. The lowest BCUT2D eigenvalue weighted by atomic mass is 9.95. The average molecular weight is 375 g/mol. The van der Waals surface area contributed by atoms with Crippen LogP contribution in [0, 0.1) is 5.92 Å². The topological polar surface area (TPSA) is 144 Å². The van der Waals surface area contributed by atoms with Gasteiger partial charge in [0.05, 0.1) is 24.3 Å². The number of rotatable bonds is 9. The predicted molar refractivity (Wildman–Crippen MR) is 102 cm³/mol. The summed E-state index contributed by atoms with van der Waals surface area (Å²) in [6.45, 7) is 1.28. The van der Waals surface area contributed by atoms with Gasteiger partial charge in [-0.05, 0) is 44.6 Å². The fraction of sp³-hybridized carbons (Fsp3) is 0.667. The van der Waals surface area contributed by atoms with Crippen molar-refractivity contribution in [3.8, 4) is 0 Å². The number of amides is 2. The second-order valence-electron chi connectivity index (χ2n) is 7.50. The smallest absolute Gasteiger partial charge is 0.312 e. The van der Waals surface area contributed by atoms with Crippen molar-refractivity contribution < 1.29 is 9.90 Å². The van der Waals surface area contributed by atoms with Crippen molar-refractivity contribution in [3.63, 3.8) is 0 Å². The first-order valence-electron chi connectivity index (χ1n) is 9.57. The van der Waals surface area contributed by atoms with Crippen LogP contribution in [-0.4, -0.2) is 51.5 Å². The Bertz CT molecular complexity index is 708. The third-order valence-electron chi connectivity index (χ3n) is 5.27. The number of carbonyl (C=O) groups is 1. The number of carbonyl (C=O) groups excluding carboxylic acids is 1. The first-order chi connectivity index (χ1) is 13.0. The molecular weight excluding hydrogens is 346 g/mol. The monoisotopic (exact) mass is 375 g/mol. The van der Waals surface area contributed by atoms with Gasteiger partial charge in [-0.15, -0.1) is 5.10 Å². The fourth-order valence-electron chi connectivity index (χ4n) is 3.20. The van der Waals surface area contributed by atoms with E-state index in [0.29, 0.717) is 13.1 Å². The molecule has 9 nitrogen and oxygen atoms in total. The Morgan fingerprint density at radius 2 is 2.33 bits per heavy atom. The molecule has 1 aromatic heterocycles. The highest BCUT2D eigenvalue weighted by molar-refractivity contribution is 5.95. The Labute approximate surface area is 158 Å². The van der Waals surface area contributed by atoms with Gasteiger partial charge in [0.2, 0.25) is 0 Å². The summed E-state index contributed by atoms with van der Waals surface area (Å²) in [6.07, 6.45) is 11.2. The van der Waals surface area contributed by atoms with Crippen LogP contribution < -0.4 is 16.8 Å². The number of aliphatic hydroxyl groups is 1. The molecule has 148 valence electrons. The molecule has 2 aliphatic rings. The van der Waals surface area contributed by atoms with Crippen molar-refractivity contribution in [3.05, 3.63) is 24.0 Å². The number of aromatic nitrogens is 3. The van der Waals surface area contributed by atoms with E-state index >= 15 is 0 Å². The van der Waals surface area contributed by atoms with E-state index in [1.807, 2.05) is 23.0 Å². The summed E-state index contributed by atoms with van der Waals surface area (Å²) in [7, 11) is 0. The zero-order chi connectivity index (χ0) is 19.3. The fourth-order valence-corrected chi connectivity index (χ4v) is 3.20. The lowest BCUT2D eigenvalue weighted by Crippen LogP contribution is -2.30. The second-order valence-corrected chi connectivity index (χ2v) is 7.50. The van der Waals surface area contributed by atoms with Crippen LogP contribution >= 0.6 is 0 Å². The van der Waals surface area contributed by atoms with Gasteiger partial charge >= 0.3 is 6.03 Å². The summed E-state index contributed by atoms with van der Waals surface area (Å²) in [6, 6.07) is -0.473. The van der Waals surface area contributed by atoms with Gasteiger partial charge in [0.15, 0.2) is 0 Å². The minimum atomic E-state index is -0.514. The van der Waals surface area contributed by atoms with Crippen molar-refractivity contribution in [2.45, 2.75) is 50.1 Å². The molecule has 3 rings (SSSR count). The largest absolute Gasteiger partial charge is 0.396 e. The zero-order valence-corrected chi connectivity index (χ0v) is 15.5. The molecule has 6 N–H and O–H groups in total. The average Bonchev–Trinajstić information content (AvgIpc) is 3.21. The molecule has 2 unspecified atom stereocenters. The van der Waals surface area contributed by atoms with Crippen LogP contribution in [0.25, 0.3) is 0 Å². The van der Waals surface area contributed by atoms with Crippen molar-refractivity contribution in [1.82, 2.24) is 20.3 Å². The molecule has 2 atom stereocenters. The van der Waals surface area contributed by atoms with Crippen LogP contribution in [0.4, 0.5) is 4.79 Å². The van der Waals surface area contributed by atoms with Gasteiger partial charge in [0.25, 0.3) is 0 Å². The Morgan fingerprint density at radius 3 is 2.96 bits per heavy atom. The highest BCUT2D eigenvalue weighted by atomic mass is 16.3. The first kappa shape index (κ1) is 19.5. The first-order valence-corrected chi connectivity index (χ1v) is 9.57. The molecule has 0 aliphatic heterocycles. The molecule has 1 heterocycles. The summed E-state index contributed by atoms with van der Waals surface area (Å²) in [5.74, 6) is 0.233. The van der Waals surface area contributed by atoms with Gasteiger partial charge in [0, 0.05) is 24.8 Å². The Kier molecular flexibility index (Phi) is 6.22. The number of urea groups is 1. The van der Waals surface area contributed by atoms with Crippen LogP contribution in [0.5, 0.6) is 0 Å². The van der Waals surface area contributed by atoms with Gasteiger partial charge in [-0.1, -0.05) is 11.3 Å². The van der Waals surface area contributed by atoms with Crippen molar-refractivity contribution in [1.29, 1.82) is 0 Å². The van der Waals surface area contributed by atoms with E-state index in [1.54, 1.807) is 0 Å². The van der Waals surface area contributed by atoms with Crippen molar-refractivity contribution in [2.75, 3.05) is 19.7 Å². The maximum absolute atomic E-state index is 10.8. The Morgan fingerprint density at radius 1 is 1.52 bits per heavy atom. The normalized spacial score (nSPS) is 23.3. The van der Waals surface area contributed by atoms with Gasteiger partial charge in [-0.3, -0.25) is 4.99 Å². The molecule has 0 spiro atoms. The molecule has 1 saturated carbocycles. The number of aliphatic hydroxyl groups excluding tert-OH is 1. The maximum atomic E-state index is 10.8. The molecular formula is C18H29N7O2. The quantitative estimate of drug-likeness (QED) is 0.467. The number of allylic oxidation sites excluding steroid dienone is 1. The summed E-state index contributed by atoms with van der Waals surface area (Å²) in [5.41, 5.74) is 12.9. The number of nitrogens with zero attached hydrogens (tertiary/aromatic N) is 4. The maximum Gasteiger partial charge on any atom is 0.312 e. The summed E-state index contributed by atoms with van der Waals surface area (Å²) >= 11 is 0. The van der Waals surface area contributed by atoms with Crippen molar-refractivity contribution in [2.24, 2.45) is 22.4 Å². The van der Waals surface area contributed by atoms with Gasteiger partial charge in [-0.25, -0.2) is 9.48 Å². The van der Waals surface area contributed by atoms with E-state index in [4.69, 9.17) is 16.5 Å². The highest BCUT2D eigenvalue weighted by Gasteiger charge is 2.42. The highest BCUT2D eigenvalue weighted by Crippen LogP contribution is 2.41. The van der Waals surface area contributed by atoms with Crippen LogP contribution in [0.2, 0.25) is 0 Å². The van der Waals surface area contributed by atoms with Crippen LogP contribution in [-0.2, 0) is 5.54 Å². The van der Waals surface area contributed by atoms with Crippen LogP contribution in [0.15, 0.2) is 23.3 Å². The van der Waals surface area contributed by atoms with Crippen LogP contribution in [0.3, 0.4) is 0 Å². The zero-order valence-electron chi connectivity index (χ0n) is 15.5. The van der Waals surface area contributed by atoms with E-state index in [1.165, 1.54) is 0 Å². The van der Waals surface area contributed by atoms with E-state index in [2.05, 4.69) is 15.6 Å². The summed E-state index contributed by atoms with van der Waals surface area (Å²) in [5, 5.41) is 20.4. The number of nitrogens with one attached hydrogen (secondary N) is 1. The lowest BCUT2D eigenvalue weighted by molar-refractivity contribution is 0.246. The third kappa shape index (κ3) is 5.36. The molecule has 0 radical (unpaired) electrons. The predicted octanol–water partition coefficient (Wildman–Crippen LogP) is 0.615. The Hall–Kier alpha value is -2.26. The molecule has 2 amide bonds. The molecule has 1 fully saturated rings. The molecule has 2 aliphatic carbocycles. The standard InChI is InChI=1S/C18H29N7O2/c19-17(27)21-9-1-2-15(10-22-14-5-3-13(12-26)4-6-14)25-11-16(23-24-25)18(20)7-8-18/h3,5,11,13,15,26H,1-2,4,6-10,12,20H2,(H3,19,21,27). The van der Waals surface area contributed by atoms with Crippen molar-refractivity contribution >= 4 is 11.7 Å². The van der Waals surface area contributed by atoms with Gasteiger partial charge < -0.3 is 21.9 Å². The second kappa shape index (κ2) is 8.62. The molecule has 0 saturated heterocycles. The van der Waals surface area contributed by atoms with E-state index in [-0.39, 0.29) is 24.1 Å². The van der Waals surface area contributed by atoms with Crippen LogP contribution in [0.1, 0.15) is 50.3 Å². The third-order valence-corrected chi connectivity index (χ3v) is 5.27. The minimum absolute atomic E-state index is 0.0414. The Balaban J connectivity index is 1.64. The van der Waals surface area contributed by atoms with Gasteiger partial charge in [0.1, 0.15) is 5.69 Å². The van der Waals surface area contributed by atoms with E-state index in [9.17, 15) is 9.90 Å². The molecule has 27 heavy (non-hydrogen) atoms.